The molecule has 6 nitrogen and oxygen atoms in total. The molecule has 0 aliphatic heterocycles. The summed E-state index contributed by atoms with van der Waals surface area (Å²) in [5.74, 6) is 1.54. The van der Waals surface area contributed by atoms with E-state index in [0.717, 1.165) is 10.0 Å². The molecule has 0 fully saturated rings. The summed E-state index contributed by atoms with van der Waals surface area (Å²) in [5, 5.41) is 10.6. The highest BCUT2D eigenvalue weighted by molar-refractivity contribution is 9.10. The minimum atomic E-state index is -0.219. The largest absolute Gasteiger partial charge is 0.484 e. The summed E-state index contributed by atoms with van der Waals surface area (Å²) in [5.41, 5.74) is 1.72. The molecular formula is C18H16BrN3O3. The topological polar surface area (TPSA) is 77.2 Å². The van der Waals surface area contributed by atoms with Crippen LogP contribution in [0.1, 0.15) is 17.3 Å². The number of carbonyl (C=O) groups is 1. The van der Waals surface area contributed by atoms with Gasteiger partial charge < -0.3 is 14.5 Å². The number of halogens is 1. The molecular weight excluding hydrogens is 386 g/mol. The highest BCUT2D eigenvalue weighted by atomic mass is 79.9. The summed E-state index contributed by atoms with van der Waals surface area (Å²) in [6.07, 6.45) is 0.557. The van der Waals surface area contributed by atoms with Crippen LogP contribution in [-0.2, 0) is 11.2 Å². The first kappa shape index (κ1) is 17.2. The molecule has 3 aromatic rings. The van der Waals surface area contributed by atoms with Crippen LogP contribution in [0.2, 0.25) is 0 Å². The van der Waals surface area contributed by atoms with Gasteiger partial charge in [-0.15, -0.1) is 10.2 Å². The zero-order valence-electron chi connectivity index (χ0n) is 13.5. The summed E-state index contributed by atoms with van der Waals surface area (Å²) in [7, 11) is 0. The van der Waals surface area contributed by atoms with Crippen LogP contribution >= 0.6 is 15.9 Å². The number of rotatable bonds is 6. The predicted octanol–water partition coefficient (Wildman–Crippen LogP) is 3.75. The van der Waals surface area contributed by atoms with Crippen molar-refractivity contribution in [1.29, 1.82) is 0 Å². The van der Waals surface area contributed by atoms with Gasteiger partial charge in [0.2, 0.25) is 11.8 Å². The standard InChI is InChI=1S/C18H16BrN3O3/c1-12-21-22-18(25-12)10-13-2-6-15(7-3-13)20-17(23)11-24-16-8-4-14(19)5-9-16/h2-9H,10-11H2,1H3,(H,20,23). The van der Waals surface area contributed by atoms with E-state index in [1.54, 1.807) is 19.1 Å². The van der Waals surface area contributed by atoms with Crippen molar-refractivity contribution in [3.05, 3.63) is 70.3 Å². The van der Waals surface area contributed by atoms with Crippen LogP contribution in [0.5, 0.6) is 5.75 Å². The van der Waals surface area contributed by atoms with Crippen molar-refractivity contribution in [2.75, 3.05) is 11.9 Å². The number of nitrogens with zero attached hydrogens (tertiary/aromatic N) is 2. The van der Waals surface area contributed by atoms with Gasteiger partial charge in [-0.1, -0.05) is 28.1 Å². The maximum absolute atomic E-state index is 12.0. The van der Waals surface area contributed by atoms with Gasteiger partial charge in [0.25, 0.3) is 5.91 Å². The van der Waals surface area contributed by atoms with Crippen molar-refractivity contribution in [1.82, 2.24) is 10.2 Å². The number of nitrogens with one attached hydrogen (secondary N) is 1. The molecule has 2 aromatic carbocycles. The second-order valence-corrected chi connectivity index (χ2v) is 6.29. The van der Waals surface area contributed by atoms with Crippen LogP contribution in [0.25, 0.3) is 0 Å². The van der Waals surface area contributed by atoms with Crippen LogP contribution < -0.4 is 10.1 Å². The lowest BCUT2D eigenvalue weighted by Crippen LogP contribution is -2.20. The fourth-order valence-electron chi connectivity index (χ4n) is 2.17. The molecule has 7 heteroatoms. The Balaban J connectivity index is 1.50. The Morgan fingerprint density at radius 3 is 2.48 bits per heavy atom. The molecule has 0 unspecified atom stereocenters. The Kier molecular flexibility index (Phi) is 5.45. The lowest BCUT2D eigenvalue weighted by atomic mass is 10.1. The van der Waals surface area contributed by atoms with Crippen molar-refractivity contribution in [2.45, 2.75) is 13.3 Å². The second kappa shape index (κ2) is 7.94. The smallest absolute Gasteiger partial charge is 0.262 e. The van der Waals surface area contributed by atoms with Crippen molar-refractivity contribution in [2.24, 2.45) is 0 Å². The first-order valence-corrected chi connectivity index (χ1v) is 8.44. The molecule has 1 aromatic heterocycles. The fraction of sp³-hybridized carbons (Fsp3) is 0.167. The van der Waals surface area contributed by atoms with Gasteiger partial charge in [-0.25, -0.2) is 0 Å². The third-order valence-corrected chi connectivity index (χ3v) is 3.87. The first-order valence-electron chi connectivity index (χ1n) is 7.64. The van der Waals surface area contributed by atoms with Crippen LogP contribution in [0.4, 0.5) is 5.69 Å². The Labute approximate surface area is 153 Å². The molecule has 0 saturated carbocycles. The van der Waals surface area contributed by atoms with E-state index in [1.807, 2.05) is 36.4 Å². The van der Waals surface area contributed by atoms with E-state index in [0.29, 0.717) is 29.6 Å². The highest BCUT2D eigenvalue weighted by Crippen LogP contribution is 2.16. The van der Waals surface area contributed by atoms with Crippen LogP contribution in [-0.4, -0.2) is 22.7 Å². The molecule has 25 heavy (non-hydrogen) atoms. The van der Waals surface area contributed by atoms with Crippen molar-refractivity contribution >= 4 is 27.5 Å². The number of aryl methyl sites for hydroxylation is 1. The quantitative estimate of drug-likeness (QED) is 0.680. The average molecular weight is 402 g/mol. The van der Waals surface area contributed by atoms with Crippen LogP contribution in [0, 0.1) is 6.92 Å². The van der Waals surface area contributed by atoms with Gasteiger partial charge in [-0.2, -0.15) is 0 Å². The van der Waals surface area contributed by atoms with Crippen molar-refractivity contribution in [3.8, 4) is 5.75 Å². The highest BCUT2D eigenvalue weighted by Gasteiger charge is 2.06. The van der Waals surface area contributed by atoms with Gasteiger partial charge in [0.1, 0.15) is 5.75 Å². The molecule has 0 saturated heterocycles. The fourth-order valence-corrected chi connectivity index (χ4v) is 2.43. The average Bonchev–Trinajstić information content (AvgIpc) is 3.01. The van der Waals surface area contributed by atoms with Gasteiger partial charge in [-0.05, 0) is 42.0 Å². The van der Waals surface area contributed by atoms with Crippen molar-refractivity contribution < 1.29 is 13.9 Å². The third-order valence-electron chi connectivity index (χ3n) is 3.34. The predicted molar refractivity (Wildman–Crippen MR) is 96.5 cm³/mol. The van der Waals surface area contributed by atoms with Crippen molar-refractivity contribution in [3.63, 3.8) is 0 Å². The molecule has 3 rings (SSSR count). The monoisotopic (exact) mass is 401 g/mol. The lowest BCUT2D eigenvalue weighted by molar-refractivity contribution is -0.118. The maximum Gasteiger partial charge on any atom is 0.262 e. The van der Waals surface area contributed by atoms with E-state index in [9.17, 15) is 4.79 Å². The zero-order valence-corrected chi connectivity index (χ0v) is 15.1. The van der Waals surface area contributed by atoms with Gasteiger partial charge in [-0.3, -0.25) is 4.79 Å². The molecule has 0 bridgehead atoms. The number of ether oxygens (including phenoxy) is 1. The van der Waals surface area contributed by atoms with E-state index >= 15 is 0 Å². The number of amides is 1. The lowest BCUT2D eigenvalue weighted by Gasteiger charge is -2.08. The van der Waals surface area contributed by atoms with Gasteiger partial charge >= 0.3 is 0 Å². The zero-order chi connectivity index (χ0) is 17.6. The number of aromatic nitrogens is 2. The van der Waals surface area contributed by atoms with E-state index in [1.165, 1.54) is 0 Å². The molecule has 0 aliphatic rings. The van der Waals surface area contributed by atoms with Gasteiger partial charge in [0.05, 0.1) is 6.42 Å². The number of carbonyl (C=O) groups excluding carboxylic acids is 1. The summed E-state index contributed by atoms with van der Waals surface area (Å²) in [6, 6.07) is 14.8. The van der Waals surface area contributed by atoms with E-state index in [-0.39, 0.29) is 12.5 Å². The number of hydrogen-bond donors (Lipinski definition) is 1. The summed E-state index contributed by atoms with van der Waals surface area (Å²) in [6.45, 7) is 1.70. The van der Waals surface area contributed by atoms with E-state index in [4.69, 9.17) is 9.15 Å². The minimum Gasteiger partial charge on any atom is -0.484 e. The molecule has 0 radical (unpaired) electrons. The molecule has 0 atom stereocenters. The van der Waals surface area contributed by atoms with Gasteiger partial charge in [0, 0.05) is 17.1 Å². The van der Waals surface area contributed by atoms with E-state index in [2.05, 4.69) is 31.4 Å². The minimum absolute atomic E-state index is 0.0509. The second-order valence-electron chi connectivity index (χ2n) is 5.38. The van der Waals surface area contributed by atoms with E-state index < -0.39 is 0 Å². The molecule has 0 aliphatic carbocycles. The Morgan fingerprint density at radius 1 is 1.12 bits per heavy atom. The number of anilines is 1. The Morgan fingerprint density at radius 2 is 1.84 bits per heavy atom. The normalized spacial score (nSPS) is 10.5. The van der Waals surface area contributed by atoms with Gasteiger partial charge in [0.15, 0.2) is 6.61 Å². The molecule has 1 N–H and O–H groups in total. The number of hydrogen-bond acceptors (Lipinski definition) is 5. The molecule has 0 spiro atoms. The summed E-state index contributed by atoms with van der Waals surface area (Å²) < 4.78 is 11.8. The molecule has 1 heterocycles. The number of benzene rings is 2. The van der Waals surface area contributed by atoms with Crippen LogP contribution in [0.3, 0.4) is 0 Å². The molecule has 128 valence electrons. The SMILES string of the molecule is Cc1nnc(Cc2ccc(NC(=O)COc3ccc(Br)cc3)cc2)o1. The third kappa shape index (κ3) is 5.15. The maximum atomic E-state index is 12.0. The molecule has 1 amide bonds. The first-order chi connectivity index (χ1) is 12.1. The van der Waals surface area contributed by atoms with Crippen LogP contribution in [0.15, 0.2) is 57.4 Å². The Hall–Kier alpha value is -2.67. The Bertz CT molecular complexity index is 845. The summed E-state index contributed by atoms with van der Waals surface area (Å²) in [4.78, 5) is 12.0. The summed E-state index contributed by atoms with van der Waals surface area (Å²) >= 11 is 3.35.